The first-order valence-corrected chi connectivity index (χ1v) is 37.0. The fourth-order valence-corrected chi connectivity index (χ4v) is 13.7. The lowest BCUT2D eigenvalue weighted by Crippen LogP contribution is -2.64. The summed E-state index contributed by atoms with van der Waals surface area (Å²) in [7, 11) is 10.1. The quantitative estimate of drug-likeness (QED) is 0.0540. The minimum atomic E-state index is -1.63. The minimum absolute atomic E-state index is 0.00298. The zero-order chi connectivity index (χ0) is 74.6. The molecule has 1 aliphatic heterocycles. The highest BCUT2D eigenvalue weighted by Gasteiger charge is 2.46. The van der Waals surface area contributed by atoms with Gasteiger partial charge in [-0.3, -0.25) is 52.7 Å². The van der Waals surface area contributed by atoms with Crippen molar-refractivity contribution in [1.82, 2.24) is 55.6 Å². The molecular formula is C71H132N12O13S. The maximum Gasteiger partial charge on any atom is 0.246 e. The fourth-order valence-electron chi connectivity index (χ4n) is 12.5. The first-order chi connectivity index (χ1) is 45.2. The number of carbonyl (C=O) groups is 11. The lowest BCUT2D eigenvalue weighted by Gasteiger charge is -2.41. The summed E-state index contributed by atoms with van der Waals surface area (Å²) in [5, 5.41) is 33.3. The van der Waals surface area contributed by atoms with Gasteiger partial charge in [0.1, 0.15) is 66.5 Å². The summed E-state index contributed by atoms with van der Waals surface area (Å²) < 4.78 is 0. The Morgan fingerprint density at radius 2 is 0.835 bits per heavy atom. The van der Waals surface area contributed by atoms with Crippen LogP contribution in [0.15, 0.2) is 0 Å². The number of nitrogens with two attached hydrogens (primary N) is 1. The Kier molecular flexibility index (Phi) is 40.4. The topological polar surface area (TPSA) is 325 Å². The second kappa shape index (κ2) is 43.8. The van der Waals surface area contributed by atoms with E-state index in [9.17, 15) is 34.2 Å². The van der Waals surface area contributed by atoms with Crippen LogP contribution < -0.4 is 27.0 Å². The van der Waals surface area contributed by atoms with E-state index >= 15 is 28.8 Å². The van der Waals surface area contributed by atoms with Crippen molar-refractivity contribution in [2.45, 2.75) is 273 Å². The van der Waals surface area contributed by atoms with Gasteiger partial charge in [-0.25, -0.2) is 0 Å². The number of unbranched alkanes of at least 4 members (excludes halogenated alkanes) is 6. The number of thioether (sulfide) groups is 1. The van der Waals surface area contributed by atoms with E-state index in [1.54, 1.807) is 41.5 Å². The minimum Gasteiger partial charge on any atom is -0.396 e. The number of hydrogen-bond donors (Lipinski definition) is 7. The Bertz CT molecular complexity index is 2520. The Balaban J connectivity index is 4.53. The van der Waals surface area contributed by atoms with Gasteiger partial charge in [-0.2, -0.15) is 11.8 Å². The SMILES string of the molecule is CC[C@@H]1NC(=O)[C@H]([C@H](O)[C@H](C)CCCCCCCCN)N(C)C(=O)[C@H](C(C)C)N(C)C(=O)[C@H](CC(C)C)N(C)C(=O)[C@H](CC(C)C)N(C)C(=O)[C@@H](C)NC(=O)[C@H](C)NC(=O)[C@H](CC(C)C)N(C)C(=O)[C@H](C(C)C)NC(=O)[C@H](CC(C)C)N(C)C(=O)[C@@H](CSCCCCO)N(C)C1=O. The molecule has 560 valence electrons. The van der Waals surface area contributed by atoms with Gasteiger partial charge in [-0.15, -0.1) is 0 Å². The molecule has 0 aliphatic carbocycles. The van der Waals surface area contributed by atoms with Gasteiger partial charge < -0.3 is 71.5 Å². The van der Waals surface area contributed by atoms with Crippen LogP contribution in [0, 0.1) is 41.4 Å². The van der Waals surface area contributed by atoms with Crippen LogP contribution in [0.4, 0.5) is 0 Å². The van der Waals surface area contributed by atoms with E-state index in [4.69, 9.17) is 5.73 Å². The average Bonchev–Trinajstić information content (AvgIpc) is 0.808. The summed E-state index contributed by atoms with van der Waals surface area (Å²) >= 11 is 1.36. The number of aliphatic hydroxyl groups excluding tert-OH is 2. The van der Waals surface area contributed by atoms with Crippen LogP contribution >= 0.6 is 11.8 Å². The van der Waals surface area contributed by atoms with Crippen molar-refractivity contribution in [2.75, 3.05) is 74.0 Å². The highest BCUT2D eigenvalue weighted by atomic mass is 32.2. The molecular weight excluding hydrogens is 1260 g/mol. The molecule has 11 amide bonds. The number of hydrogen-bond acceptors (Lipinski definition) is 15. The standard InChI is InChI=1S/C71H132N12O13S/c1-24-51-66(91)81(21)56(41-97-36-32-31-35-84)69(94)77(17)53(38-43(4)5)63(88)76-57(46(10)11)70(95)78(18)52(37-42(2)3)62(87)73-49(15)61(86)74-50(16)65(90)79(19)54(39-44(6)7)67(92)80(20)55(40-45(8)9)68(93)82(22)58(47(12)13)71(96)83(23)59(64(89)75-51)60(85)48(14)33-29-27-25-26-28-30-34-72/h42-60,84-85H,24-41,72H2,1-23H3,(H,73,87)(H,74,86)(H,75,89)(H,76,88)/t48-,49+,50-,51+,52+,53+,54+,55+,56-,57+,58+,59+,60-/m1/s1. The van der Waals surface area contributed by atoms with Crippen molar-refractivity contribution >= 4 is 76.7 Å². The molecule has 0 aromatic heterocycles. The predicted octanol–water partition coefficient (Wildman–Crippen LogP) is 4.87. The number of nitrogens with one attached hydrogen (secondary N) is 4. The molecule has 0 aromatic rings. The van der Waals surface area contributed by atoms with Crippen molar-refractivity contribution in [1.29, 1.82) is 0 Å². The zero-order valence-corrected chi connectivity index (χ0v) is 64.5. The van der Waals surface area contributed by atoms with E-state index in [0.717, 1.165) is 37.0 Å². The van der Waals surface area contributed by atoms with Crippen LogP contribution in [0.3, 0.4) is 0 Å². The first-order valence-electron chi connectivity index (χ1n) is 35.8. The molecule has 25 nitrogen and oxygen atoms in total. The third-order valence-electron chi connectivity index (χ3n) is 18.7. The number of aliphatic hydroxyl groups is 2. The third kappa shape index (κ3) is 27.5. The second-order valence-corrected chi connectivity index (χ2v) is 30.9. The summed E-state index contributed by atoms with van der Waals surface area (Å²) in [4.78, 5) is 173. The molecule has 8 N–H and O–H groups in total. The molecule has 1 rings (SSSR count). The Hall–Kier alpha value is -5.60. The van der Waals surface area contributed by atoms with Gasteiger partial charge in [0.15, 0.2) is 0 Å². The van der Waals surface area contributed by atoms with Crippen LogP contribution in [-0.4, -0.2) is 256 Å². The number of rotatable bonds is 27. The van der Waals surface area contributed by atoms with E-state index in [1.165, 1.54) is 104 Å². The largest absolute Gasteiger partial charge is 0.396 e. The molecule has 0 bridgehead atoms. The molecule has 0 radical (unpaired) electrons. The summed E-state index contributed by atoms with van der Waals surface area (Å²) in [6.45, 7) is 28.8. The van der Waals surface area contributed by atoms with Crippen molar-refractivity contribution in [3.05, 3.63) is 0 Å². The second-order valence-electron chi connectivity index (χ2n) is 29.7. The number of likely N-dealkylation sites (N-methyl/N-ethyl adjacent to an activating group) is 7. The fraction of sp³-hybridized carbons (Fsp3) is 0.845. The first kappa shape index (κ1) is 89.4. The molecule has 0 spiro atoms. The smallest absolute Gasteiger partial charge is 0.246 e. The van der Waals surface area contributed by atoms with E-state index in [2.05, 4.69) is 21.3 Å². The van der Waals surface area contributed by atoms with Crippen molar-refractivity contribution in [3.63, 3.8) is 0 Å². The van der Waals surface area contributed by atoms with Crippen LogP contribution in [0.2, 0.25) is 0 Å². The van der Waals surface area contributed by atoms with Crippen LogP contribution in [0.5, 0.6) is 0 Å². The highest BCUT2D eigenvalue weighted by molar-refractivity contribution is 7.99. The van der Waals surface area contributed by atoms with E-state index in [-0.39, 0.29) is 68.1 Å². The number of nitrogens with zero attached hydrogens (tertiary/aromatic N) is 7. The summed E-state index contributed by atoms with van der Waals surface area (Å²) in [6, 6.07) is -13.8. The van der Waals surface area contributed by atoms with Crippen LogP contribution in [0.25, 0.3) is 0 Å². The van der Waals surface area contributed by atoms with Crippen molar-refractivity contribution < 1.29 is 63.0 Å². The maximum atomic E-state index is 15.5. The highest BCUT2D eigenvalue weighted by Crippen LogP contribution is 2.27. The molecule has 0 unspecified atom stereocenters. The van der Waals surface area contributed by atoms with Gasteiger partial charge >= 0.3 is 0 Å². The molecule has 13 atom stereocenters. The van der Waals surface area contributed by atoms with E-state index < -0.39 is 155 Å². The van der Waals surface area contributed by atoms with Gasteiger partial charge in [-0.1, -0.05) is 129 Å². The average molecular weight is 1390 g/mol. The lowest BCUT2D eigenvalue weighted by molar-refractivity contribution is -0.157. The molecule has 1 fully saturated rings. The Labute approximate surface area is 587 Å². The molecule has 0 aromatic carbocycles. The summed E-state index contributed by atoms with van der Waals surface area (Å²) in [5.74, 6) is -9.27. The van der Waals surface area contributed by atoms with Gasteiger partial charge in [0.25, 0.3) is 0 Å². The van der Waals surface area contributed by atoms with E-state index in [1.807, 2.05) is 55.4 Å². The molecule has 1 heterocycles. The molecule has 1 saturated heterocycles. The lowest BCUT2D eigenvalue weighted by atomic mass is 9.90. The maximum absolute atomic E-state index is 15.5. The normalized spacial score (nSPS) is 25.8. The van der Waals surface area contributed by atoms with Crippen molar-refractivity contribution in [2.24, 2.45) is 47.2 Å². The summed E-state index contributed by atoms with van der Waals surface area (Å²) in [6.07, 6.45) is 5.98. The zero-order valence-electron chi connectivity index (χ0n) is 63.7. The molecule has 1 aliphatic rings. The predicted molar refractivity (Wildman–Crippen MR) is 383 cm³/mol. The van der Waals surface area contributed by atoms with Crippen LogP contribution in [0.1, 0.15) is 201 Å². The Morgan fingerprint density at radius 3 is 1.31 bits per heavy atom. The number of carbonyl (C=O) groups excluding carboxylic acids is 11. The van der Waals surface area contributed by atoms with Gasteiger partial charge in [0, 0.05) is 61.7 Å². The van der Waals surface area contributed by atoms with E-state index in [0.29, 0.717) is 38.0 Å². The molecule has 0 saturated carbocycles. The number of amides is 11. The third-order valence-corrected chi connectivity index (χ3v) is 19.9. The summed E-state index contributed by atoms with van der Waals surface area (Å²) in [5.41, 5.74) is 5.73. The van der Waals surface area contributed by atoms with Crippen molar-refractivity contribution in [3.8, 4) is 0 Å². The molecule has 26 heteroatoms. The van der Waals surface area contributed by atoms with Gasteiger partial charge in [0.2, 0.25) is 65.0 Å². The van der Waals surface area contributed by atoms with Gasteiger partial charge in [-0.05, 0) is 125 Å². The molecule has 97 heavy (non-hydrogen) atoms. The Morgan fingerprint density at radius 1 is 0.423 bits per heavy atom. The van der Waals surface area contributed by atoms with Gasteiger partial charge in [0.05, 0.1) is 6.10 Å². The van der Waals surface area contributed by atoms with Crippen LogP contribution in [-0.2, 0) is 52.7 Å². The monoisotopic (exact) mass is 1390 g/mol.